The van der Waals surface area contributed by atoms with Crippen molar-refractivity contribution in [3.8, 4) is 11.5 Å². The van der Waals surface area contributed by atoms with Gasteiger partial charge in [0.25, 0.3) is 0 Å². The second-order valence-corrected chi connectivity index (χ2v) is 7.52. The third-order valence-electron chi connectivity index (χ3n) is 5.38. The number of hydrogen-bond acceptors (Lipinski definition) is 4. The van der Waals surface area contributed by atoms with Crippen molar-refractivity contribution in [1.82, 2.24) is 4.90 Å². The lowest BCUT2D eigenvalue weighted by atomic mass is 9.99. The van der Waals surface area contributed by atoms with Crippen molar-refractivity contribution in [2.45, 2.75) is 46.7 Å². The van der Waals surface area contributed by atoms with Crippen LogP contribution in [0.4, 0.5) is 0 Å². The van der Waals surface area contributed by atoms with Crippen LogP contribution < -0.4 is 9.47 Å². The molecule has 2 aliphatic rings. The smallest absolute Gasteiger partial charge is 0.231 e. The molecule has 0 unspecified atom stereocenters. The van der Waals surface area contributed by atoms with Crippen molar-refractivity contribution in [2.24, 2.45) is 0 Å². The lowest BCUT2D eigenvalue weighted by Crippen LogP contribution is -2.37. The number of allylic oxidation sites excluding steroid dienone is 1. The summed E-state index contributed by atoms with van der Waals surface area (Å²) in [6.07, 6.45) is 2.82. The van der Waals surface area contributed by atoms with Gasteiger partial charge in [0.2, 0.25) is 5.78 Å². The van der Waals surface area contributed by atoms with E-state index in [1.54, 1.807) is 0 Å². The number of carbonyl (C=O) groups is 1. The number of benzene rings is 2. The first-order valence-electron chi connectivity index (χ1n) is 9.54. The number of ether oxygens (including phenoxy) is 2. The predicted molar refractivity (Wildman–Crippen MR) is 106 cm³/mol. The zero-order valence-electron chi connectivity index (χ0n) is 16.3. The monoisotopic (exact) mass is 363 g/mol. The number of hydrogen-bond donors (Lipinski definition) is 0. The van der Waals surface area contributed by atoms with Gasteiger partial charge in [0, 0.05) is 23.7 Å². The van der Waals surface area contributed by atoms with E-state index >= 15 is 0 Å². The number of fused-ring (bicyclic) bond motifs is 2. The van der Waals surface area contributed by atoms with Gasteiger partial charge in [0.15, 0.2) is 5.76 Å². The highest BCUT2D eigenvalue weighted by Gasteiger charge is 2.33. The van der Waals surface area contributed by atoms with Crippen LogP contribution in [0.2, 0.25) is 0 Å². The third kappa shape index (κ3) is 3.15. The number of nitrogens with zero attached hydrogens (tertiary/aromatic N) is 1. The Morgan fingerprint density at radius 3 is 2.59 bits per heavy atom. The van der Waals surface area contributed by atoms with E-state index in [9.17, 15) is 4.79 Å². The first-order chi connectivity index (χ1) is 13.0. The molecule has 0 bridgehead atoms. The van der Waals surface area contributed by atoms with Gasteiger partial charge in [0.1, 0.15) is 18.2 Å². The molecule has 27 heavy (non-hydrogen) atoms. The van der Waals surface area contributed by atoms with Crippen LogP contribution in [0.1, 0.15) is 53.4 Å². The molecule has 2 aromatic carbocycles. The van der Waals surface area contributed by atoms with Gasteiger partial charge in [-0.2, -0.15) is 0 Å². The Labute approximate surface area is 160 Å². The van der Waals surface area contributed by atoms with E-state index in [2.05, 4.69) is 37.8 Å². The topological polar surface area (TPSA) is 38.8 Å². The molecule has 4 nitrogen and oxygen atoms in total. The van der Waals surface area contributed by atoms with Crippen LogP contribution in [0.15, 0.2) is 36.1 Å². The SMILES string of the molecule is CCc1ccc(/C=C2\Oc3c(cc4c(c3C)OCN(C(C)C)C4)C2=O)cc1. The number of aryl methyl sites for hydroxylation is 1. The minimum atomic E-state index is -0.0582. The molecule has 0 amide bonds. The molecule has 0 saturated heterocycles. The highest BCUT2D eigenvalue weighted by atomic mass is 16.5. The molecule has 2 aliphatic heterocycles. The molecular weight excluding hydrogens is 338 g/mol. The summed E-state index contributed by atoms with van der Waals surface area (Å²) in [5.74, 6) is 1.80. The maximum absolute atomic E-state index is 12.9. The van der Waals surface area contributed by atoms with E-state index in [-0.39, 0.29) is 5.78 Å². The average Bonchev–Trinajstić information content (AvgIpc) is 2.98. The van der Waals surface area contributed by atoms with E-state index in [1.807, 2.05) is 31.2 Å². The van der Waals surface area contributed by atoms with Gasteiger partial charge >= 0.3 is 0 Å². The highest BCUT2D eigenvalue weighted by Crippen LogP contribution is 2.43. The van der Waals surface area contributed by atoms with Gasteiger partial charge in [0.05, 0.1) is 5.56 Å². The van der Waals surface area contributed by atoms with Crippen molar-refractivity contribution in [2.75, 3.05) is 6.73 Å². The molecular formula is C23H25NO3. The lowest BCUT2D eigenvalue weighted by Gasteiger charge is -2.32. The summed E-state index contributed by atoms with van der Waals surface area (Å²) in [5, 5.41) is 0. The van der Waals surface area contributed by atoms with Crippen LogP contribution in [0.3, 0.4) is 0 Å². The van der Waals surface area contributed by atoms with E-state index < -0.39 is 0 Å². The number of ketones is 1. The zero-order valence-corrected chi connectivity index (χ0v) is 16.3. The van der Waals surface area contributed by atoms with Gasteiger partial charge in [-0.05, 0) is 50.5 Å². The standard InChI is InChI=1S/C23H25NO3/c1-5-16-6-8-17(9-7-16)10-20-21(25)19-11-18-12-24(14(2)3)13-26-22(18)15(4)23(19)27-20/h6-11,14H,5,12-13H2,1-4H3/b20-10-. The average molecular weight is 363 g/mol. The summed E-state index contributed by atoms with van der Waals surface area (Å²) in [5.41, 5.74) is 4.83. The van der Waals surface area contributed by atoms with Gasteiger partial charge in [-0.1, -0.05) is 31.2 Å². The molecule has 2 heterocycles. The second-order valence-electron chi connectivity index (χ2n) is 7.52. The fraction of sp³-hybridized carbons (Fsp3) is 0.348. The normalized spacial score (nSPS) is 17.7. The minimum Gasteiger partial charge on any atom is -0.477 e. The number of Topliss-reactive ketones (excluding diaryl/α,β-unsaturated/α-hetero) is 1. The summed E-state index contributed by atoms with van der Waals surface area (Å²) >= 11 is 0. The van der Waals surface area contributed by atoms with Gasteiger partial charge in [-0.25, -0.2) is 0 Å². The summed E-state index contributed by atoms with van der Waals surface area (Å²) in [6, 6.07) is 10.5. The third-order valence-corrected chi connectivity index (χ3v) is 5.38. The molecule has 2 aromatic rings. The first kappa shape index (κ1) is 17.8. The van der Waals surface area contributed by atoms with Crippen LogP contribution in [-0.4, -0.2) is 23.5 Å². The zero-order chi connectivity index (χ0) is 19.1. The Hall–Kier alpha value is -2.59. The Kier molecular flexibility index (Phi) is 4.52. The Morgan fingerprint density at radius 1 is 1.19 bits per heavy atom. The van der Waals surface area contributed by atoms with Crippen LogP contribution in [0.25, 0.3) is 6.08 Å². The summed E-state index contributed by atoms with van der Waals surface area (Å²) in [4.78, 5) is 15.2. The Morgan fingerprint density at radius 2 is 1.93 bits per heavy atom. The number of carbonyl (C=O) groups excluding carboxylic acids is 1. The van der Waals surface area contributed by atoms with E-state index in [0.29, 0.717) is 29.8 Å². The summed E-state index contributed by atoms with van der Waals surface area (Å²) in [7, 11) is 0. The second kappa shape index (κ2) is 6.86. The Balaban J connectivity index is 1.68. The molecule has 0 radical (unpaired) electrons. The van der Waals surface area contributed by atoms with E-state index in [4.69, 9.17) is 9.47 Å². The summed E-state index contributed by atoms with van der Waals surface area (Å²) in [6.45, 7) is 9.73. The van der Waals surface area contributed by atoms with Crippen LogP contribution in [-0.2, 0) is 13.0 Å². The predicted octanol–water partition coefficient (Wildman–Crippen LogP) is 4.73. The molecule has 140 valence electrons. The minimum absolute atomic E-state index is 0.0582. The maximum Gasteiger partial charge on any atom is 0.231 e. The van der Waals surface area contributed by atoms with Crippen molar-refractivity contribution >= 4 is 11.9 Å². The quantitative estimate of drug-likeness (QED) is 0.739. The molecule has 0 fully saturated rings. The van der Waals surface area contributed by atoms with E-state index in [0.717, 1.165) is 35.4 Å². The van der Waals surface area contributed by atoms with Gasteiger partial charge in [-0.3, -0.25) is 9.69 Å². The van der Waals surface area contributed by atoms with E-state index in [1.165, 1.54) is 5.56 Å². The molecule has 0 spiro atoms. The van der Waals surface area contributed by atoms with Crippen molar-refractivity contribution in [3.05, 3.63) is 63.9 Å². The number of rotatable bonds is 3. The highest BCUT2D eigenvalue weighted by molar-refractivity contribution is 6.15. The molecule has 4 heteroatoms. The molecule has 0 atom stereocenters. The van der Waals surface area contributed by atoms with Gasteiger partial charge in [-0.15, -0.1) is 0 Å². The fourth-order valence-electron chi connectivity index (χ4n) is 3.60. The van der Waals surface area contributed by atoms with Crippen molar-refractivity contribution in [3.63, 3.8) is 0 Å². The molecule has 0 aliphatic carbocycles. The molecule has 0 N–H and O–H groups in total. The molecule has 0 saturated carbocycles. The summed E-state index contributed by atoms with van der Waals surface area (Å²) < 4.78 is 12.0. The first-order valence-corrected chi connectivity index (χ1v) is 9.54. The lowest BCUT2D eigenvalue weighted by molar-refractivity contribution is 0.0678. The van der Waals surface area contributed by atoms with Crippen LogP contribution in [0, 0.1) is 6.92 Å². The maximum atomic E-state index is 12.9. The Bertz CT molecular complexity index is 926. The van der Waals surface area contributed by atoms with Crippen molar-refractivity contribution < 1.29 is 14.3 Å². The largest absolute Gasteiger partial charge is 0.477 e. The van der Waals surface area contributed by atoms with Crippen LogP contribution in [0.5, 0.6) is 11.5 Å². The molecule has 0 aromatic heterocycles. The van der Waals surface area contributed by atoms with Crippen LogP contribution >= 0.6 is 0 Å². The van der Waals surface area contributed by atoms with Gasteiger partial charge < -0.3 is 9.47 Å². The van der Waals surface area contributed by atoms with Crippen molar-refractivity contribution in [1.29, 1.82) is 0 Å². The molecule has 4 rings (SSSR count). The fourth-order valence-corrected chi connectivity index (χ4v) is 3.60.